The standard InChI is InChI=1S/C21H34N2O6/c1-12(2)8-13(17-15(24)9-21(6,7)10-16(17)25)22-11-14(18(26)27)23-19(28)29-20(3,4)5/h12,14,24H,8-11H2,1-7H3,(H,23,28)(H,26,27). The zero-order valence-electron chi connectivity index (χ0n) is 18.5. The van der Waals surface area contributed by atoms with Gasteiger partial charge in [0.25, 0.3) is 0 Å². The minimum absolute atomic E-state index is 0.0161. The summed E-state index contributed by atoms with van der Waals surface area (Å²) >= 11 is 0. The highest BCUT2D eigenvalue weighted by Gasteiger charge is 2.35. The summed E-state index contributed by atoms with van der Waals surface area (Å²) in [6, 6.07) is -1.31. The summed E-state index contributed by atoms with van der Waals surface area (Å²) in [5.41, 5.74) is -0.554. The van der Waals surface area contributed by atoms with E-state index in [2.05, 4.69) is 10.3 Å². The van der Waals surface area contributed by atoms with Gasteiger partial charge < -0.3 is 20.3 Å². The average molecular weight is 411 g/mol. The third-order valence-corrected chi connectivity index (χ3v) is 4.20. The molecule has 1 unspecified atom stereocenters. The van der Waals surface area contributed by atoms with Crippen LogP contribution < -0.4 is 5.32 Å². The first-order valence-electron chi connectivity index (χ1n) is 9.82. The van der Waals surface area contributed by atoms with Crippen LogP contribution in [0.3, 0.4) is 0 Å². The summed E-state index contributed by atoms with van der Waals surface area (Å²) in [6.45, 7) is 12.4. The normalized spacial score (nSPS) is 18.6. The molecule has 1 atom stereocenters. The number of nitrogens with one attached hydrogen (secondary N) is 1. The smallest absolute Gasteiger partial charge is 0.408 e. The van der Waals surface area contributed by atoms with Crippen LogP contribution in [0, 0.1) is 11.3 Å². The van der Waals surface area contributed by atoms with Gasteiger partial charge in [0.15, 0.2) is 5.78 Å². The van der Waals surface area contributed by atoms with Crippen molar-refractivity contribution < 1.29 is 29.3 Å². The second-order valence-corrected chi connectivity index (χ2v) is 9.69. The minimum Gasteiger partial charge on any atom is -0.511 e. The van der Waals surface area contributed by atoms with Crippen molar-refractivity contribution in [3.63, 3.8) is 0 Å². The monoisotopic (exact) mass is 410 g/mol. The number of aliphatic hydroxyl groups excluding tert-OH is 1. The van der Waals surface area contributed by atoms with Crippen molar-refractivity contribution in [2.45, 2.75) is 79.4 Å². The van der Waals surface area contributed by atoms with E-state index in [4.69, 9.17) is 4.74 Å². The first-order valence-corrected chi connectivity index (χ1v) is 9.82. The van der Waals surface area contributed by atoms with Gasteiger partial charge in [-0.05, 0) is 38.5 Å². The number of alkyl carbamates (subject to hydrolysis) is 1. The minimum atomic E-state index is -1.31. The van der Waals surface area contributed by atoms with E-state index in [1.54, 1.807) is 20.8 Å². The summed E-state index contributed by atoms with van der Waals surface area (Å²) in [6.07, 6.45) is 0.179. The Labute approximate surface area is 172 Å². The summed E-state index contributed by atoms with van der Waals surface area (Å²) in [4.78, 5) is 40.5. The molecule has 0 saturated carbocycles. The SMILES string of the molecule is CC(C)CC(=NCC(NC(=O)OC(C)(C)C)C(=O)O)C1=C(O)CC(C)(C)CC1=O. The van der Waals surface area contributed by atoms with Crippen LogP contribution in [0.4, 0.5) is 4.79 Å². The summed E-state index contributed by atoms with van der Waals surface area (Å²) in [7, 11) is 0. The van der Waals surface area contributed by atoms with E-state index in [9.17, 15) is 24.6 Å². The van der Waals surface area contributed by atoms with Crippen molar-refractivity contribution in [3.05, 3.63) is 11.3 Å². The molecule has 0 fully saturated rings. The Hall–Kier alpha value is -2.38. The largest absolute Gasteiger partial charge is 0.511 e. The van der Waals surface area contributed by atoms with Gasteiger partial charge in [-0.3, -0.25) is 9.79 Å². The maximum Gasteiger partial charge on any atom is 0.408 e. The first-order chi connectivity index (χ1) is 13.1. The number of nitrogens with zero attached hydrogens (tertiary/aromatic N) is 1. The van der Waals surface area contributed by atoms with E-state index in [0.29, 0.717) is 18.6 Å². The Bertz CT molecular complexity index is 713. The zero-order valence-corrected chi connectivity index (χ0v) is 18.5. The number of aliphatic hydroxyl groups is 1. The van der Waals surface area contributed by atoms with Gasteiger partial charge in [0, 0.05) is 18.6 Å². The number of ether oxygens (including phenoxy) is 1. The Morgan fingerprint density at radius 1 is 1.24 bits per heavy atom. The lowest BCUT2D eigenvalue weighted by Crippen LogP contribution is -2.45. The van der Waals surface area contributed by atoms with E-state index < -0.39 is 23.7 Å². The lowest BCUT2D eigenvalue weighted by molar-refractivity contribution is -0.139. The molecule has 164 valence electrons. The third-order valence-electron chi connectivity index (χ3n) is 4.20. The Kier molecular flexibility index (Phi) is 8.00. The molecule has 0 spiro atoms. The van der Waals surface area contributed by atoms with Crippen LogP contribution in [0.15, 0.2) is 16.3 Å². The predicted molar refractivity (Wildman–Crippen MR) is 110 cm³/mol. The van der Waals surface area contributed by atoms with Crippen molar-refractivity contribution in [1.82, 2.24) is 5.32 Å². The Morgan fingerprint density at radius 3 is 2.28 bits per heavy atom. The van der Waals surface area contributed by atoms with Crippen LogP contribution in [-0.2, 0) is 14.3 Å². The molecule has 1 rings (SSSR count). The predicted octanol–water partition coefficient (Wildman–Crippen LogP) is 3.65. The number of hydrogen-bond donors (Lipinski definition) is 3. The quantitative estimate of drug-likeness (QED) is 0.550. The second-order valence-electron chi connectivity index (χ2n) is 9.69. The lowest BCUT2D eigenvalue weighted by atomic mass is 9.75. The fourth-order valence-corrected chi connectivity index (χ4v) is 3.08. The van der Waals surface area contributed by atoms with Crippen molar-refractivity contribution >= 4 is 23.6 Å². The first kappa shape index (κ1) is 24.7. The molecule has 0 aliphatic heterocycles. The highest BCUT2D eigenvalue weighted by molar-refractivity contribution is 6.23. The fraction of sp³-hybridized carbons (Fsp3) is 0.714. The number of aliphatic carboxylic acids is 1. The number of carbonyl (C=O) groups is 3. The summed E-state index contributed by atoms with van der Waals surface area (Å²) in [5.74, 6) is -1.35. The molecule has 1 aliphatic rings. The van der Waals surface area contributed by atoms with Gasteiger partial charge in [-0.1, -0.05) is 27.7 Å². The molecular weight excluding hydrogens is 376 g/mol. The Balaban J connectivity index is 3.12. The molecule has 0 aromatic rings. The lowest BCUT2D eigenvalue weighted by Gasteiger charge is -2.30. The topological polar surface area (TPSA) is 125 Å². The van der Waals surface area contributed by atoms with Crippen molar-refractivity contribution in [3.8, 4) is 0 Å². The van der Waals surface area contributed by atoms with E-state index in [-0.39, 0.29) is 41.4 Å². The summed E-state index contributed by atoms with van der Waals surface area (Å²) in [5, 5.41) is 22.2. The van der Waals surface area contributed by atoms with E-state index in [0.717, 1.165) is 0 Å². The van der Waals surface area contributed by atoms with Crippen LogP contribution >= 0.6 is 0 Å². The number of Topliss-reactive ketones (excluding diaryl/α,β-unsaturated/α-hetero) is 1. The van der Waals surface area contributed by atoms with E-state index >= 15 is 0 Å². The molecule has 0 radical (unpaired) electrons. The Morgan fingerprint density at radius 2 is 1.83 bits per heavy atom. The third kappa shape index (κ3) is 8.25. The molecule has 0 aromatic carbocycles. The van der Waals surface area contributed by atoms with Crippen molar-refractivity contribution in [2.75, 3.05) is 6.54 Å². The van der Waals surface area contributed by atoms with Crippen LogP contribution in [0.5, 0.6) is 0 Å². The molecule has 1 amide bonds. The zero-order chi connectivity index (χ0) is 22.6. The molecule has 0 aromatic heterocycles. The number of carbonyl (C=O) groups excluding carboxylic acids is 2. The number of amides is 1. The highest BCUT2D eigenvalue weighted by Crippen LogP contribution is 2.36. The maximum atomic E-state index is 12.7. The van der Waals surface area contributed by atoms with Gasteiger partial charge in [0.1, 0.15) is 17.4 Å². The van der Waals surface area contributed by atoms with E-state index in [1.807, 2.05) is 27.7 Å². The average Bonchev–Trinajstić information content (AvgIpc) is 2.46. The number of aliphatic imine (C=N–C) groups is 1. The van der Waals surface area contributed by atoms with Crippen LogP contribution in [0.25, 0.3) is 0 Å². The maximum absolute atomic E-state index is 12.7. The summed E-state index contributed by atoms with van der Waals surface area (Å²) < 4.78 is 5.10. The molecule has 3 N–H and O–H groups in total. The molecule has 0 bridgehead atoms. The van der Waals surface area contributed by atoms with Gasteiger partial charge >= 0.3 is 12.1 Å². The molecule has 29 heavy (non-hydrogen) atoms. The number of carboxylic acids is 1. The van der Waals surface area contributed by atoms with Gasteiger partial charge in [0.2, 0.25) is 0 Å². The second kappa shape index (κ2) is 9.41. The number of rotatable bonds is 7. The molecule has 0 heterocycles. The van der Waals surface area contributed by atoms with Gasteiger partial charge in [-0.15, -0.1) is 0 Å². The van der Waals surface area contributed by atoms with Crippen molar-refractivity contribution in [1.29, 1.82) is 0 Å². The molecule has 8 heteroatoms. The highest BCUT2D eigenvalue weighted by atomic mass is 16.6. The van der Waals surface area contributed by atoms with Crippen LogP contribution in [0.1, 0.15) is 67.7 Å². The van der Waals surface area contributed by atoms with Crippen LogP contribution in [-0.4, -0.2) is 52.0 Å². The van der Waals surface area contributed by atoms with Gasteiger partial charge in [-0.25, -0.2) is 9.59 Å². The molecule has 1 aliphatic carbocycles. The van der Waals surface area contributed by atoms with Crippen molar-refractivity contribution in [2.24, 2.45) is 16.3 Å². The van der Waals surface area contributed by atoms with E-state index in [1.165, 1.54) is 0 Å². The van der Waals surface area contributed by atoms with Crippen LogP contribution in [0.2, 0.25) is 0 Å². The molecule has 0 saturated heterocycles. The number of carboxylic acid groups (broad SMARTS) is 1. The molecular formula is C21H34N2O6. The molecule has 8 nitrogen and oxygen atoms in total. The number of hydrogen-bond acceptors (Lipinski definition) is 6. The fourth-order valence-electron chi connectivity index (χ4n) is 3.08. The number of allylic oxidation sites excluding steroid dienone is 2. The number of ketones is 1. The van der Waals surface area contributed by atoms with Gasteiger partial charge in [-0.2, -0.15) is 0 Å². The van der Waals surface area contributed by atoms with Gasteiger partial charge in [0.05, 0.1) is 12.1 Å².